The smallest absolute Gasteiger partial charge is 0.305 e. The lowest BCUT2D eigenvalue weighted by Gasteiger charge is -2.06. The lowest BCUT2D eigenvalue weighted by Crippen LogP contribution is -2.18. The van der Waals surface area contributed by atoms with Gasteiger partial charge in [-0.25, -0.2) is 0 Å². The second-order valence-electron chi connectivity index (χ2n) is 2.64. The van der Waals surface area contributed by atoms with Crippen LogP contribution in [0.1, 0.15) is 32.6 Å². The van der Waals surface area contributed by atoms with Gasteiger partial charge in [0.1, 0.15) is 0 Å². The second-order valence-corrected chi connectivity index (χ2v) is 2.64. The standard InChI is InChI=1S/C8H17NO2/c1-3-7(9)5-4-6-8(10)11-2/h7H,3-6,9H2,1-2H3. The van der Waals surface area contributed by atoms with E-state index in [4.69, 9.17) is 5.73 Å². The number of carbonyl (C=O) groups is 1. The normalized spacial score (nSPS) is 12.6. The van der Waals surface area contributed by atoms with Gasteiger partial charge in [0.2, 0.25) is 0 Å². The molecule has 0 aromatic heterocycles. The van der Waals surface area contributed by atoms with Gasteiger partial charge in [0.15, 0.2) is 0 Å². The minimum Gasteiger partial charge on any atom is -0.469 e. The summed E-state index contributed by atoms with van der Waals surface area (Å²) < 4.78 is 4.49. The van der Waals surface area contributed by atoms with Gasteiger partial charge in [-0.2, -0.15) is 0 Å². The quantitative estimate of drug-likeness (QED) is 0.610. The third-order valence-corrected chi connectivity index (χ3v) is 1.71. The van der Waals surface area contributed by atoms with Gasteiger partial charge < -0.3 is 10.5 Å². The highest BCUT2D eigenvalue weighted by atomic mass is 16.5. The Balaban J connectivity index is 3.20. The fourth-order valence-electron chi connectivity index (χ4n) is 0.815. The van der Waals surface area contributed by atoms with Crippen LogP contribution in [-0.4, -0.2) is 19.1 Å². The minimum atomic E-state index is -0.145. The van der Waals surface area contributed by atoms with Gasteiger partial charge in [0.05, 0.1) is 7.11 Å². The molecule has 0 aromatic carbocycles. The molecule has 66 valence electrons. The van der Waals surface area contributed by atoms with Crippen LogP contribution in [0.3, 0.4) is 0 Å². The number of rotatable bonds is 5. The molecule has 0 aliphatic rings. The van der Waals surface area contributed by atoms with E-state index in [1.54, 1.807) is 0 Å². The van der Waals surface area contributed by atoms with E-state index in [1.165, 1.54) is 7.11 Å². The van der Waals surface area contributed by atoms with Crippen LogP contribution >= 0.6 is 0 Å². The van der Waals surface area contributed by atoms with Crippen molar-refractivity contribution in [2.24, 2.45) is 5.73 Å². The van der Waals surface area contributed by atoms with Crippen LogP contribution < -0.4 is 5.73 Å². The molecule has 0 heterocycles. The second kappa shape index (κ2) is 6.16. The summed E-state index contributed by atoms with van der Waals surface area (Å²) in [6.45, 7) is 2.04. The predicted octanol–water partition coefficient (Wildman–Crippen LogP) is 1.07. The predicted molar refractivity (Wildman–Crippen MR) is 44.1 cm³/mol. The summed E-state index contributed by atoms with van der Waals surface area (Å²) in [7, 11) is 1.40. The molecule has 0 aliphatic heterocycles. The number of hydrogen-bond donors (Lipinski definition) is 1. The van der Waals surface area contributed by atoms with E-state index in [0.29, 0.717) is 6.42 Å². The van der Waals surface area contributed by atoms with Crippen LogP contribution in [0.25, 0.3) is 0 Å². The van der Waals surface area contributed by atoms with Gasteiger partial charge >= 0.3 is 5.97 Å². The van der Waals surface area contributed by atoms with Crippen molar-refractivity contribution >= 4 is 5.97 Å². The highest BCUT2D eigenvalue weighted by Gasteiger charge is 2.02. The Morgan fingerprint density at radius 3 is 2.73 bits per heavy atom. The summed E-state index contributed by atoms with van der Waals surface area (Å²) in [6, 6.07) is 0.236. The molecule has 0 amide bonds. The maximum absolute atomic E-state index is 10.6. The number of ether oxygens (including phenoxy) is 1. The van der Waals surface area contributed by atoms with Crippen LogP contribution in [0, 0.1) is 0 Å². The first-order chi connectivity index (χ1) is 5.20. The number of esters is 1. The van der Waals surface area contributed by atoms with E-state index in [2.05, 4.69) is 4.74 Å². The van der Waals surface area contributed by atoms with Crippen molar-refractivity contribution in [3.8, 4) is 0 Å². The van der Waals surface area contributed by atoms with E-state index in [-0.39, 0.29) is 12.0 Å². The van der Waals surface area contributed by atoms with Crippen LogP contribution in [0.15, 0.2) is 0 Å². The molecule has 0 rings (SSSR count). The van der Waals surface area contributed by atoms with E-state index in [1.807, 2.05) is 6.92 Å². The minimum absolute atomic E-state index is 0.145. The van der Waals surface area contributed by atoms with Gasteiger partial charge in [0.25, 0.3) is 0 Å². The van der Waals surface area contributed by atoms with E-state index in [0.717, 1.165) is 19.3 Å². The van der Waals surface area contributed by atoms with Crippen molar-refractivity contribution in [1.29, 1.82) is 0 Å². The first-order valence-electron chi connectivity index (χ1n) is 4.03. The summed E-state index contributed by atoms with van der Waals surface area (Å²) in [5.41, 5.74) is 5.65. The first-order valence-corrected chi connectivity index (χ1v) is 4.03. The van der Waals surface area contributed by atoms with Crippen molar-refractivity contribution in [3.05, 3.63) is 0 Å². The summed E-state index contributed by atoms with van der Waals surface area (Å²) in [5, 5.41) is 0. The molecule has 0 spiro atoms. The highest BCUT2D eigenvalue weighted by Crippen LogP contribution is 2.02. The summed E-state index contributed by atoms with van der Waals surface area (Å²) in [5.74, 6) is -0.145. The lowest BCUT2D eigenvalue weighted by atomic mass is 10.1. The monoisotopic (exact) mass is 159 g/mol. The summed E-state index contributed by atoms with van der Waals surface area (Å²) in [4.78, 5) is 10.6. The fraction of sp³-hybridized carbons (Fsp3) is 0.875. The molecule has 0 fully saturated rings. The highest BCUT2D eigenvalue weighted by molar-refractivity contribution is 5.68. The molecule has 0 aliphatic carbocycles. The maximum Gasteiger partial charge on any atom is 0.305 e. The van der Waals surface area contributed by atoms with Gasteiger partial charge in [-0.15, -0.1) is 0 Å². The van der Waals surface area contributed by atoms with Gasteiger partial charge in [0, 0.05) is 12.5 Å². The average molecular weight is 159 g/mol. The van der Waals surface area contributed by atoms with Crippen molar-refractivity contribution < 1.29 is 9.53 Å². The van der Waals surface area contributed by atoms with Gasteiger partial charge in [-0.05, 0) is 19.3 Å². The van der Waals surface area contributed by atoms with Crippen molar-refractivity contribution in [2.45, 2.75) is 38.6 Å². The molecule has 3 nitrogen and oxygen atoms in total. The number of nitrogens with two attached hydrogens (primary N) is 1. The largest absolute Gasteiger partial charge is 0.469 e. The Morgan fingerprint density at radius 1 is 1.64 bits per heavy atom. The zero-order valence-corrected chi connectivity index (χ0v) is 7.30. The fourth-order valence-corrected chi connectivity index (χ4v) is 0.815. The summed E-state index contributed by atoms with van der Waals surface area (Å²) in [6.07, 6.45) is 3.21. The third-order valence-electron chi connectivity index (χ3n) is 1.71. The van der Waals surface area contributed by atoms with Crippen LogP contribution in [-0.2, 0) is 9.53 Å². The molecule has 11 heavy (non-hydrogen) atoms. The molecule has 0 radical (unpaired) electrons. The number of carbonyl (C=O) groups excluding carboxylic acids is 1. The maximum atomic E-state index is 10.6. The molecule has 2 N–H and O–H groups in total. The van der Waals surface area contributed by atoms with E-state index < -0.39 is 0 Å². The Labute approximate surface area is 67.9 Å². The van der Waals surface area contributed by atoms with Crippen molar-refractivity contribution in [3.63, 3.8) is 0 Å². The average Bonchev–Trinajstić information content (AvgIpc) is 2.04. The first kappa shape index (κ1) is 10.4. The zero-order chi connectivity index (χ0) is 8.69. The molecule has 0 aromatic rings. The van der Waals surface area contributed by atoms with Crippen molar-refractivity contribution in [1.82, 2.24) is 0 Å². The Morgan fingerprint density at radius 2 is 2.27 bits per heavy atom. The topological polar surface area (TPSA) is 52.3 Å². The molecule has 0 saturated heterocycles. The van der Waals surface area contributed by atoms with Crippen molar-refractivity contribution in [2.75, 3.05) is 7.11 Å². The molecule has 0 saturated carbocycles. The van der Waals surface area contributed by atoms with Crippen LogP contribution in [0.2, 0.25) is 0 Å². The van der Waals surface area contributed by atoms with E-state index in [9.17, 15) is 4.79 Å². The molecule has 1 atom stereocenters. The van der Waals surface area contributed by atoms with Gasteiger partial charge in [-0.3, -0.25) is 4.79 Å². The van der Waals surface area contributed by atoms with Crippen LogP contribution in [0.4, 0.5) is 0 Å². The lowest BCUT2D eigenvalue weighted by molar-refractivity contribution is -0.140. The molecule has 1 unspecified atom stereocenters. The molecule has 3 heteroatoms. The van der Waals surface area contributed by atoms with Gasteiger partial charge in [-0.1, -0.05) is 6.92 Å². The Bertz CT molecular complexity index is 115. The molecule has 0 bridgehead atoms. The SMILES string of the molecule is CCC(N)CCCC(=O)OC. The summed E-state index contributed by atoms with van der Waals surface area (Å²) >= 11 is 0. The Hall–Kier alpha value is -0.570. The number of methoxy groups -OCH3 is 1. The van der Waals surface area contributed by atoms with E-state index >= 15 is 0 Å². The Kier molecular flexibility index (Phi) is 5.84. The number of hydrogen-bond acceptors (Lipinski definition) is 3. The third kappa shape index (κ3) is 5.85. The molecular weight excluding hydrogens is 142 g/mol. The van der Waals surface area contributed by atoms with Crippen LogP contribution in [0.5, 0.6) is 0 Å². The molecular formula is C8H17NO2. The zero-order valence-electron chi connectivity index (χ0n) is 7.30.